The molecule has 110 valence electrons. The smallest absolute Gasteiger partial charge is 0.337 e. The lowest BCUT2D eigenvalue weighted by Gasteiger charge is -2.49. The van der Waals surface area contributed by atoms with E-state index in [-0.39, 0.29) is 16.8 Å². The van der Waals surface area contributed by atoms with Crippen molar-refractivity contribution in [2.75, 3.05) is 38.3 Å². The third kappa shape index (κ3) is 2.56. The summed E-state index contributed by atoms with van der Waals surface area (Å²) in [7, 11) is 6.12. The first-order chi connectivity index (χ1) is 9.35. The molecule has 2 rings (SSSR count). The number of nitrogen functional groups attached to an aromatic ring is 1. The molecule has 0 atom stereocenters. The van der Waals surface area contributed by atoms with E-state index in [0.29, 0.717) is 5.82 Å². The molecule has 6 nitrogen and oxygen atoms in total. The van der Waals surface area contributed by atoms with E-state index in [1.165, 1.54) is 12.6 Å². The predicted molar refractivity (Wildman–Crippen MR) is 79.1 cm³/mol. The maximum Gasteiger partial charge on any atom is 0.337 e. The Labute approximate surface area is 119 Å². The van der Waals surface area contributed by atoms with E-state index in [1.54, 1.807) is 6.07 Å². The highest BCUT2D eigenvalue weighted by Crippen LogP contribution is 2.37. The Balaban J connectivity index is 2.19. The number of aromatic nitrogens is 1. The largest absolute Gasteiger partial charge is 0.478 e. The highest BCUT2D eigenvalue weighted by Gasteiger charge is 2.40. The first-order valence-corrected chi connectivity index (χ1v) is 6.73. The van der Waals surface area contributed by atoms with E-state index < -0.39 is 5.97 Å². The molecule has 1 saturated carbocycles. The summed E-state index contributed by atoms with van der Waals surface area (Å²) in [5.41, 5.74) is 6.10. The van der Waals surface area contributed by atoms with Crippen molar-refractivity contribution in [3.05, 3.63) is 17.8 Å². The molecule has 1 aromatic rings. The number of anilines is 2. The van der Waals surface area contributed by atoms with Gasteiger partial charge in [-0.15, -0.1) is 0 Å². The van der Waals surface area contributed by atoms with Crippen molar-refractivity contribution in [3.63, 3.8) is 0 Å². The summed E-state index contributed by atoms with van der Waals surface area (Å²) < 4.78 is 0. The number of nitrogens with two attached hydrogens (primary N) is 1. The van der Waals surface area contributed by atoms with Crippen molar-refractivity contribution in [2.24, 2.45) is 0 Å². The van der Waals surface area contributed by atoms with Crippen LogP contribution in [0.5, 0.6) is 0 Å². The minimum Gasteiger partial charge on any atom is -0.478 e. The molecule has 0 amide bonds. The van der Waals surface area contributed by atoms with E-state index in [1.807, 2.05) is 11.9 Å². The second-order valence-corrected chi connectivity index (χ2v) is 5.76. The van der Waals surface area contributed by atoms with Crippen LogP contribution in [-0.2, 0) is 0 Å². The summed E-state index contributed by atoms with van der Waals surface area (Å²) in [6.45, 7) is 0.829. The van der Waals surface area contributed by atoms with Crippen LogP contribution in [0.4, 0.5) is 11.5 Å². The minimum atomic E-state index is -1.02. The van der Waals surface area contributed by atoms with Crippen LogP contribution in [0.2, 0.25) is 0 Å². The summed E-state index contributed by atoms with van der Waals surface area (Å²) in [6.07, 6.45) is 4.97. The summed E-state index contributed by atoms with van der Waals surface area (Å²) in [5.74, 6) is -0.379. The lowest BCUT2D eigenvalue weighted by atomic mass is 9.75. The molecule has 0 unspecified atom stereocenters. The van der Waals surface area contributed by atoms with Crippen molar-refractivity contribution < 1.29 is 9.90 Å². The zero-order valence-electron chi connectivity index (χ0n) is 12.3. The van der Waals surface area contributed by atoms with Crippen LogP contribution in [0.1, 0.15) is 29.6 Å². The summed E-state index contributed by atoms with van der Waals surface area (Å²) in [6, 6.07) is 1.54. The van der Waals surface area contributed by atoms with Gasteiger partial charge in [0.2, 0.25) is 0 Å². The molecule has 0 saturated heterocycles. The third-order valence-corrected chi connectivity index (χ3v) is 4.31. The average Bonchev–Trinajstić information content (AvgIpc) is 2.33. The first kappa shape index (κ1) is 14.6. The topological polar surface area (TPSA) is 82.7 Å². The number of pyridine rings is 1. The number of carboxylic acids is 1. The molecule has 0 aliphatic heterocycles. The fourth-order valence-electron chi connectivity index (χ4n) is 2.70. The molecule has 0 bridgehead atoms. The zero-order chi connectivity index (χ0) is 14.9. The number of hydrogen-bond acceptors (Lipinski definition) is 5. The molecule has 1 aliphatic carbocycles. The van der Waals surface area contributed by atoms with Crippen molar-refractivity contribution in [1.29, 1.82) is 0 Å². The molecule has 0 spiro atoms. The summed E-state index contributed by atoms with van der Waals surface area (Å²) in [5, 5.41) is 9.12. The molecule has 1 fully saturated rings. The molecule has 3 N–H and O–H groups in total. The molecule has 1 aliphatic rings. The summed E-state index contributed by atoms with van der Waals surface area (Å²) >= 11 is 0. The second-order valence-electron chi connectivity index (χ2n) is 5.76. The lowest BCUT2D eigenvalue weighted by molar-refractivity contribution is 0.0681. The van der Waals surface area contributed by atoms with Crippen molar-refractivity contribution >= 4 is 17.5 Å². The van der Waals surface area contributed by atoms with Gasteiger partial charge >= 0.3 is 5.97 Å². The number of carbonyl (C=O) groups is 1. The van der Waals surface area contributed by atoms with Gasteiger partial charge in [-0.05, 0) is 39.4 Å². The highest BCUT2D eigenvalue weighted by atomic mass is 16.4. The van der Waals surface area contributed by atoms with Gasteiger partial charge < -0.3 is 20.6 Å². The van der Waals surface area contributed by atoms with E-state index in [4.69, 9.17) is 10.8 Å². The van der Waals surface area contributed by atoms with Gasteiger partial charge in [0.05, 0.1) is 17.4 Å². The number of carboxylic acid groups (broad SMARTS) is 1. The maximum atomic E-state index is 11.1. The van der Waals surface area contributed by atoms with Gasteiger partial charge in [0.1, 0.15) is 5.82 Å². The Kier molecular flexibility index (Phi) is 3.85. The number of rotatable bonds is 5. The monoisotopic (exact) mass is 278 g/mol. The number of likely N-dealkylation sites (N-methyl/N-ethyl adjacent to an activating group) is 2. The maximum absolute atomic E-state index is 11.1. The van der Waals surface area contributed by atoms with E-state index >= 15 is 0 Å². The molecule has 0 radical (unpaired) electrons. The number of nitrogens with zero attached hydrogens (tertiary/aromatic N) is 3. The van der Waals surface area contributed by atoms with Gasteiger partial charge in [-0.1, -0.05) is 0 Å². The Morgan fingerprint density at radius 3 is 2.55 bits per heavy atom. The number of aromatic carboxylic acids is 1. The minimum absolute atomic E-state index is 0.106. The van der Waals surface area contributed by atoms with Crippen molar-refractivity contribution in [3.8, 4) is 0 Å². The standard InChI is InChI=1S/C14H22N4O2/c1-17(2)14(5-4-6-14)9-18(3)12-7-10(13(19)20)11(15)8-16-12/h7-8H,4-6,9,15H2,1-3H3,(H,19,20). The fourth-order valence-corrected chi connectivity index (χ4v) is 2.70. The van der Waals surface area contributed by atoms with Crippen LogP contribution < -0.4 is 10.6 Å². The lowest BCUT2D eigenvalue weighted by Crippen LogP contribution is -2.56. The van der Waals surface area contributed by atoms with E-state index in [9.17, 15) is 4.79 Å². The van der Waals surface area contributed by atoms with Crippen LogP contribution in [0.15, 0.2) is 12.3 Å². The Bertz CT molecular complexity index is 512. The van der Waals surface area contributed by atoms with Gasteiger partial charge in [0.25, 0.3) is 0 Å². The van der Waals surface area contributed by atoms with Crippen LogP contribution in [-0.4, -0.2) is 54.2 Å². The quantitative estimate of drug-likeness (QED) is 0.844. The van der Waals surface area contributed by atoms with Gasteiger partial charge in [0.15, 0.2) is 0 Å². The predicted octanol–water partition coefficient (Wildman–Crippen LogP) is 1.28. The van der Waals surface area contributed by atoms with E-state index in [2.05, 4.69) is 24.0 Å². The van der Waals surface area contributed by atoms with Gasteiger partial charge in [-0.2, -0.15) is 0 Å². The molecule has 1 heterocycles. The summed E-state index contributed by atoms with van der Waals surface area (Å²) in [4.78, 5) is 19.6. The average molecular weight is 278 g/mol. The molecule has 0 aromatic carbocycles. The highest BCUT2D eigenvalue weighted by molar-refractivity contribution is 5.94. The van der Waals surface area contributed by atoms with E-state index in [0.717, 1.165) is 19.4 Å². The Morgan fingerprint density at radius 2 is 2.10 bits per heavy atom. The molecule has 1 aromatic heterocycles. The first-order valence-electron chi connectivity index (χ1n) is 6.73. The van der Waals surface area contributed by atoms with Crippen molar-refractivity contribution in [2.45, 2.75) is 24.8 Å². The number of hydrogen-bond donors (Lipinski definition) is 2. The van der Waals surface area contributed by atoms with Crippen LogP contribution >= 0.6 is 0 Å². The Hall–Kier alpha value is -1.82. The van der Waals surface area contributed by atoms with Crippen molar-refractivity contribution in [1.82, 2.24) is 9.88 Å². The second kappa shape index (κ2) is 5.28. The van der Waals surface area contributed by atoms with Crippen LogP contribution in [0, 0.1) is 0 Å². The fraction of sp³-hybridized carbons (Fsp3) is 0.571. The zero-order valence-corrected chi connectivity index (χ0v) is 12.3. The normalized spacial score (nSPS) is 16.8. The third-order valence-electron chi connectivity index (χ3n) is 4.31. The molecular formula is C14H22N4O2. The Morgan fingerprint density at radius 1 is 1.45 bits per heavy atom. The van der Waals surface area contributed by atoms with Gasteiger partial charge in [-0.3, -0.25) is 0 Å². The van der Waals surface area contributed by atoms with Gasteiger partial charge in [0, 0.05) is 19.1 Å². The molecule has 6 heteroatoms. The molecule has 20 heavy (non-hydrogen) atoms. The van der Waals surface area contributed by atoms with Crippen LogP contribution in [0.3, 0.4) is 0 Å². The van der Waals surface area contributed by atoms with Gasteiger partial charge in [-0.25, -0.2) is 9.78 Å². The van der Waals surface area contributed by atoms with Crippen LogP contribution in [0.25, 0.3) is 0 Å². The molecular weight excluding hydrogens is 256 g/mol. The SMILES string of the molecule is CN(CC1(N(C)C)CCC1)c1cc(C(=O)O)c(N)cn1.